The average molecular weight is 311 g/mol. The molecule has 5 nitrogen and oxygen atoms in total. The summed E-state index contributed by atoms with van der Waals surface area (Å²) in [5.74, 6) is -0.495. The van der Waals surface area contributed by atoms with Gasteiger partial charge in [0.25, 0.3) is 0 Å². The second kappa shape index (κ2) is 7.43. The molecule has 21 heavy (non-hydrogen) atoms. The van der Waals surface area contributed by atoms with Gasteiger partial charge in [0.1, 0.15) is 6.04 Å². The molecule has 1 aromatic rings. The van der Waals surface area contributed by atoms with Crippen molar-refractivity contribution in [2.24, 2.45) is 0 Å². The number of nitrogens with zero attached hydrogens (tertiary/aromatic N) is 1. The van der Waals surface area contributed by atoms with E-state index in [1.807, 2.05) is 29.2 Å². The molecule has 0 saturated carbocycles. The van der Waals surface area contributed by atoms with E-state index in [9.17, 15) is 9.59 Å². The molecule has 0 bridgehead atoms. The van der Waals surface area contributed by atoms with E-state index < -0.39 is 6.04 Å². The van der Waals surface area contributed by atoms with E-state index in [1.54, 1.807) is 6.92 Å². The van der Waals surface area contributed by atoms with Gasteiger partial charge in [0.2, 0.25) is 5.91 Å². The van der Waals surface area contributed by atoms with Crippen molar-refractivity contribution in [3.63, 3.8) is 0 Å². The van der Waals surface area contributed by atoms with Gasteiger partial charge in [0.15, 0.2) is 0 Å². The van der Waals surface area contributed by atoms with Gasteiger partial charge in [0.05, 0.1) is 13.0 Å². The van der Waals surface area contributed by atoms with Crippen molar-refractivity contribution in [1.82, 2.24) is 10.2 Å². The highest BCUT2D eigenvalue weighted by Crippen LogP contribution is 2.20. The third-order valence-electron chi connectivity index (χ3n) is 3.44. The van der Waals surface area contributed by atoms with Crippen LogP contribution < -0.4 is 5.32 Å². The monoisotopic (exact) mass is 310 g/mol. The molecule has 1 atom stereocenters. The molecule has 1 N–H and O–H groups in total. The highest BCUT2D eigenvalue weighted by molar-refractivity contribution is 6.31. The lowest BCUT2D eigenvalue weighted by Gasteiger charge is -2.34. The van der Waals surface area contributed by atoms with Crippen molar-refractivity contribution in [3.8, 4) is 0 Å². The summed E-state index contributed by atoms with van der Waals surface area (Å²) >= 11 is 6.16. The fourth-order valence-electron chi connectivity index (χ4n) is 2.40. The van der Waals surface area contributed by atoms with E-state index in [0.29, 0.717) is 31.3 Å². The number of ether oxygens (including phenoxy) is 1. The van der Waals surface area contributed by atoms with E-state index >= 15 is 0 Å². The second-order valence-electron chi connectivity index (χ2n) is 4.88. The lowest BCUT2D eigenvalue weighted by atomic mass is 10.1. The van der Waals surface area contributed by atoms with Crippen LogP contribution in [0.25, 0.3) is 0 Å². The molecule has 0 aliphatic carbocycles. The molecule has 1 aromatic carbocycles. The Morgan fingerprint density at radius 1 is 1.48 bits per heavy atom. The van der Waals surface area contributed by atoms with Crippen LogP contribution in [-0.4, -0.2) is 42.5 Å². The van der Waals surface area contributed by atoms with Crippen LogP contribution in [0.3, 0.4) is 0 Å². The largest absolute Gasteiger partial charge is 0.466 e. The Labute approximate surface area is 129 Å². The summed E-state index contributed by atoms with van der Waals surface area (Å²) < 4.78 is 4.94. The van der Waals surface area contributed by atoms with Crippen molar-refractivity contribution in [1.29, 1.82) is 0 Å². The first kappa shape index (κ1) is 15.8. The molecule has 6 heteroatoms. The van der Waals surface area contributed by atoms with Gasteiger partial charge in [0, 0.05) is 24.7 Å². The van der Waals surface area contributed by atoms with Gasteiger partial charge in [-0.25, -0.2) is 0 Å². The van der Waals surface area contributed by atoms with Crippen LogP contribution >= 0.6 is 11.6 Å². The predicted molar refractivity (Wildman–Crippen MR) is 79.9 cm³/mol. The number of nitrogens with one attached hydrogen (secondary N) is 1. The standard InChI is InChI=1S/C15H19ClN2O3/c1-2-21-14(19)9-13-15(20)17-7-8-18(13)10-11-5-3-4-6-12(11)16/h3-6,13H,2,7-10H2,1H3,(H,17,20). The van der Waals surface area contributed by atoms with Crippen molar-refractivity contribution < 1.29 is 14.3 Å². The normalized spacial score (nSPS) is 19.1. The van der Waals surface area contributed by atoms with Gasteiger partial charge in [-0.05, 0) is 18.6 Å². The molecule has 1 amide bonds. The fourth-order valence-corrected chi connectivity index (χ4v) is 2.59. The molecular weight excluding hydrogens is 292 g/mol. The Morgan fingerprint density at radius 2 is 2.24 bits per heavy atom. The molecule has 1 saturated heterocycles. The van der Waals surface area contributed by atoms with Crippen molar-refractivity contribution in [2.75, 3.05) is 19.7 Å². The Bertz CT molecular complexity index is 521. The van der Waals surface area contributed by atoms with Crippen LogP contribution in [0.15, 0.2) is 24.3 Å². The quantitative estimate of drug-likeness (QED) is 0.839. The van der Waals surface area contributed by atoms with Gasteiger partial charge in [-0.15, -0.1) is 0 Å². The first-order valence-corrected chi connectivity index (χ1v) is 7.40. The van der Waals surface area contributed by atoms with Crippen LogP contribution in [-0.2, 0) is 20.9 Å². The molecule has 1 aliphatic heterocycles. The van der Waals surface area contributed by atoms with E-state index in [1.165, 1.54) is 0 Å². The summed E-state index contributed by atoms with van der Waals surface area (Å²) in [6.07, 6.45) is 0.0596. The highest BCUT2D eigenvalue weighted by Gasteiger charge is 2.32. The minimum Gasteiger partial charge on any atom is -0.466 e. The SMILES string of the molecule is CCOC(=O)CC1C(=O)NCCN1Cc1ccccc1Cl. The maximum atomic E-state index is 12.0. The topological polar surface area (TPSA) is 58.6 Å². The third-order valence-corrected chi connectivity index (χ3v) is 3.81. The number of esters is 1. The summed E-state index contributed by atoms with van der Waals surface area (Å²) in [6, 6.07) is 7.02. The Morgan fingerprint density at radius 3 is 2.95 bits per heavy atom. The van der Waals surface area contributed by atoms with Crippen LogP contribution in [0.2, 0.25) is 5.02 Å². The number of piperazine rings is 1. The smallest absolute Gasteiger partial charge is 0.307 e. The summed E-state index contributed by atoms with van der Waals surface area (Å²) in [6.45, 7) is 3.86. The number of hydrogen-bond acceptors (Lipinski definition) is 4. The maximum Gasteiger partial charge on any atom is 0.307 e. The molecule has 114 valence electrons. The zero-order valence-corrected chi connectivity index (χ0v) is 12.7. The van der Waals surface area contributed by atoms with Crippen molar-refractivity contribution in [2.45, 2.75) is 25.9 Å². The number of halogens is 1. The maximum absolute atomic E-state index is 12.0. The fraction of sp³-hybridized carbons (Fsp3) is 0.467. The van der Waals surface area contributed by atoms with Crippen LogP contribution in [0, 0.1) is 0 Å². The number of carbonyl (C=O) groups is 2. The molecule has 1 fully saturated rings. The molecule has 0 spiro atoms. The van der Waals surface area contributed by atoms with Crippen molar-refractivity contribution in [3.05, 3.63) is 34.9 Å². The summed E-state index contributed by atoms with van der Waals surface area (Å²) in [5, 5.41) is 3.45. The number of benzene rings is 1. The molecule has 1 heterocycles. The Kier molecular flexibility index (Phi) is 5.59. The minimum absolute atomic E-state index is 0.0596. The third kappa shape index (κ3) is 4.19. The number of rotatable bonds is 5. The zero-order chi connectivity index (χ0) is 15.2. The van der Waals surface area contributed by atoms with Gasteiger partial charge in [-0.3, -0.25) is 14.5 Å². The van der Waals surface area contributed by atoms with Crippen molar-refractivity contribution >= 4 is 23.5 Å². The van der Waals surface area contributed by atoms with Gasteiger partial charge in [-0.1, -0.05) is 29.8 Å². The number of carbonyl (C=O) groups excluding carboxylic acids is 2. The van der Waals surface area contributed by atoms with Gasteiger partial charge in [-0.2, -0.15) is 0 Å². The zero-order valence-electron chi connectivity index (χ0n) is 12.0. The van der Waals surface area contributed by atoms with Gasteiger partial charge < -0.3 is 10.1 Å². The lowest BCUT2D eigenvalue weighted by Crippen LogP contribution is -2.55. The van der Waals surface area contributed by atoms with Crippen LogP contribution in [0.5, 0.6) is 0 Å². The molecule has 1 aliphatic rings. The molecule has 0 radical (unpaired) electrons. The average Bonchev–Trinajstić information content (AvgIpc) is 2.45. The number of amides is 1. The first-order valence-electron chi connectivity index (χ1n) is 7.02. The van der Waals surface area contributed by atoms with Gasteiger partial charge >= 0.3 is 5.97 Å². The van der Waals surface area contributed by atoms with E-state index in [4.69, 9.17) is 16.3 Å². The van der Waals surface area contributed by atoms with E-state index in [2.05, 4.69) is 5.32 Å². The number of hydrogen-bond donors (Lipinski definition) is 1. The predicted octanol–water partition coefficient (Wildman–Crippen LogP) is 1.59. The summed E-state index contributed by atoms with van der Waals surface area (Å²) in [7, 11) is 0. The first-order chi connectivity index (χ1) is 10.1. The van der Waals surface area contributed by atoms with E-state index in [-0.39, 0.29) is 18.3 Å². The summed E-state index contributed by atoms with van der Waals surface area (Å²) in [5.41, 5.74) is 0.947. The minimum atomic E-state index is -0.505. The van der Waals surface area contributed by atoms with Crippen LogP contribution in [0.1, 0.15) is 18.9 Å². The van der Waals surface area contributed by atoms with E-state index in [0.717, 1.165) is 5.56 Å². The molecular formula is C15H19ClN2O3. The Balaban J connectivity index is 2.09. The second-order valence-corrected chi connectivity index (χ2v) is 5.29. The molecule has 2 rings (SSSR count). The highest BCUT2D eigenvalue weighted by atomic mass is 35.5. The molecule has 1 unspecified atom stereocenters. The Hall–Kier alpha value is -1.59. The lowest BCUT2D eigenvalue weighted by molar-refractivity contribution is -0.148. The summed E-state index contributed by atoms with van der Waals surface area (Å²) in [4.78, 5) is 25.7. The molecule has 0 aromatic heterocycles. The van der Waals surface area contributed by atoms with Crippen LogP contribution in [0.4, 0.5) is 0 Å².